The fourth-order valence-corrected chi connectivity index (χ4v) is 7.05. The zero-order valence-electron chi connectivity index (χ0n) is 35.6. The molecule has 3 aromatic carbocycles. The van der Waals surface area contributed by atoms with Crippen LogP contribution < -0.4 is 34.5 Å². The van der Waals surface area contributed by atoms with Gasteiger partial charge in [-0.1, -0.05) is 6.92 Å². The molecule has 3 aromatic heterocycles. The van der Waals surface area contributed by atoms with Gasteiger partial charge >= 0.3 is 0 Å². The highest BCUT2D eigenvalue weighted by atomic mass is 35.5. The Kier molecular flexibility index (Phi) is 16.7. The summed E-state index contributed by atoms with van der Waals surface area (Å²) < 4.78 is 33.0. The second kappa shape index (κ2) is 23.2. The van der Waals surface area contributed by atoms with Crippen LogP contribution in [0.25, 0.3) is 33.1 Å². The van der Waals surface area contributed by atoms with Gasteiger partial charge in [0.25, 0.3) is 27.8 Å². The number of fused-ring (bicyclic) bond motifs is 3. The van der Waals surface area contributed by atoms with Crippen molar-refractivity contribution < 1.29 is 43.0 Å². The average molecular weight is 906 g/mol. The van der Waals surface area contributed by atoms with E-state index in [4.69, 9.17) is 45.8 Å². The molecule has 22 nitrogen and oxygen atoms in total. The summed E-state index contributed by atoms with van der Waals surface area (Å²) in [6.07, 6.45) is 0.635. The first-order chi connectivity index (χ1) is 31.2. The lowest BCUT2D eigenvalue weighted by molar-refractivity contribution is -0.644. The molecule has 2 N–H and O–H groups in total. The summed E-state index contributed by atoms with van der Waals surface area (Å²) in [6.45, 7) is 16.3. The summed E-state index contributed by atoms with van der Waals surface area (Å²) in [7, 11) is 0. The maximum Gasteiger partial charge on any atom is 0.290 e. The molecule has 3 aliphatic rings. The van der Waals surface area contributed by atoms with Crippen LogP contribution in [0.2, 0.25) is 5.28 Å². The molecule has 0 radical (unpaired) electrons. The van der Waals surface area contributed by atoms with Crippen molar-refractivity contribution in [1.82, 2.24) is 44.9 Å². The molecule has 0 bridgehead atoms. The van der Waals surface area contributed by atoms with Crippen molar-refractivity contribution in [2.24, 2.45) is 0 Å². The fourth-order valence-electron chi connectivity index (χ4n) is 6.89. The Hall–Kier alpha value is -5.88. The summed E-state index contributed by atoms with van der Waals surface area (Å²) in [4.78, 5) is 20.7. The van der Waals surface area contributed by atoms with Gasteiger partial charge in [-0.15, -0.1) is 0 Å². The first kappa shape index (κ1) is 46.1. The number of nitrogens with zero attached hydrogens (tertiary/aromatic N) is 12. The van der Waals surface area contributed by atoms with Crippen molar-refractivity contribution in [3.8, 4) is 17.2 Å². The van der Waals surface area contributed by atoms with Gasteiger partial charge in [-0.05, 0) is 62.5 Å². The zero-order valence-corrected chi connectivity index (χ0v) is 36.4. The normalized spacial score (nSPS) is 16.2. The van der Waals surface area contributed by atoms with E-state index in [1.54, 1.807) is 48.5 Å². The molecule has 0 saturated carbocycles. The maximum absolute atomic E-state index is 11.9. The SMILES string of the molecule is CCc1nc2ccc(OCCN3CCOCC3)cc2[n+]([O-])n1.Nc1nc2ccc(OCCN3CCOCC3)cc2[n+]([O-])n1.[O-][n+]1nc(Cl)nc2ccc(OCCN3CCOCC3)cc21. The van der Waals surface area contributed by atoms with Crippen molar-refractivity contribution >= 4 is 50.6 Å². The first-order valence-corrected chi connectivity index (χ1v) is 21.5. The minimum Gasteiger partial charge on any atom is -0.594 e. The topological polar surface area (TPSA) is 249 Å². The second-order valence-corrected chi connectivity index (χ2v) is 15.0. The van der Waals surface area contributed by atoms with Crippen molar-refractivity contribution in [3.05, 3.63) is 81.3 Å². The summed E-state index contributed by atoms with van der Waals surface area (Å²) >= 11 is 5.64. The fraction of sp³-hybridized carbons (Fsp3) is 0.488. The molecule has 3 fully saturated rings. The molecule has 64 heavy (non-hydrogen) atoms. The van der Waals surface area contributed by atoms with Crippen LogP contribution in [0.1, 0.15) is 12.7 Å². The molecular formula is C41H52ClN13O9. The summed E-state index contributed by atoms with van der Waals surface area (Å²) in [5.41, 5.74) is 8.17. The Bertz CT molecular complexity index is 2330. The van der Waals surface area contributed by atoms with E-state index in [1.165, 1.54) is 0 Å². The number of rotatable bonds is 13. The van der Waals surface area contributed by atoms with Gasteiger partial charge in [0, 0.05) is 75.5 Å². The Morgan fingerprint density at radius 3 is 1.36 bits per heavy atom. The summed E-state index contributed by atoms with van der Waals surface area (Å²) in [5.74, 6) is 2.40. The Balaban J connectivity index is 0.000000144. The molecule has 342 valence electrons. The number of nitrogen functional groups attached to an aromatic ring is 1. The minimum absolute atomic E-state index is 0.0431. The van der Waals surface area contributed by atoms with Crippen molar-refractivity contribution in [2.75, 3.05) is 124 Å². The third-order valence-corrected chi connectivity index (χ3v) is 10.5. The van der Waals surface area contributed by atoms with Crippen LogP contribution in [0.5, 0.6) is 17.2 Å². The van der Waals surface area contributed by atoms with Crippen molar-refractivity contribution in [2.45, 2.75) is 13.3 Å². The molecule has 3 aliphatic heterocycles. The molecule has 23 heteroatoms. The highest BCUT2D eigenvalue weighted by Gasteiger charge is 2.16. The van der Waals surface area contributed by atoms with Gasteiger partial charge in [0.05, 0.1) is 62.9 Å². The number of halogens is 1. The molecule has 3 saturated heterocycles. The highest BCUT2D eigenvalue weighted by molar-refractivity contribution is 6.28. The van der Waals surface area contributed by atoms with Gasteiger partial charge in [0.15, 0.2) is 5.82 Å². The van der Waals surface area contributed by atoms with E-state index in [0.717, 1.165) is 98.5 Å². The largest absolute Gasteiger partial charge is 0.594 e. The molecule has 0 amide bonds. The third-order valence-electron chi connectivity index (χ3n) is 10.4. The number of anilines is 1. The number of morpholine rings is 3. The van der Waals surface area contributed by atoms with E-state index < -0.39 is 0 Å². The van der Waals surface area contributed by atoms with E-state index in [2.05, 4.69) is 44.9 Å². The van der Waals surface area contributed by atoms with E-state index in [-0.39, 0.29) is 11.2 Å². The van der Waals surface area contributed by atoms with Gasteiger partial charge in [-0.3, -0.25) is 14.7 Å². The Morgan fingerprint density at radius 1 is 0.562 bits per heavy atom. The first-order valence-electron chi connectivity index (χ1n) is 21.1. The minimum atomic E-state index is -0.0708. The molecule has 6 heterocycles. The van der Waals surface area contributed by atoms with Gasteiger partial charge in [0.2, 0.25) is 0 Å². The smallest absolute Gasteiger partial charge is 0.290 e. The third kappa shape index (κ3) is 13.3. The van der Waals surface area contributed by atoms with E-state index in [1.807, 2.05) is 13.0 Å². The van der Waals surface area contributed by atoms with E-state index in [9.17, 15) is 15.6 Å². The second-order valence-electron chi connectivity index (χ2n) is 14.7. The number of aromatic nitrogens is 9. The lowest BCUT2D eigenvalue weighted by atomic mass is 10.3. The maximum atomic E-state index is 11.9. The predicted molar refractivity (Wildman–Crippen MR) is 233 cm³/mol. The monoisotopic (exact) mass is 905 g/mol. The summed E-state index contributed by atoms with van der Waals surface area (Å²) in [6, 6.07) is 15.5. The molecular weight excluding hydrogens is 854 g/mol. The van der Waals surface area contributed by atoms with Gasteiger partial charge < -0.3 is 49.8 Å². The van der Waals surface area contributed by atoms with Crippen LogP contribution in [-0.2, 0) is 20.6 Å². The number of benzene rings is 3. The van der Waals surface area contributed by atoms with E-state index in [0.29, 0.717) is 96.9 Å². The van der Waals surface area contributed by atoms with Crippen LogP contribution in [0.3, 0.4) is 0 Å². The molecule has 6 aromatic rings. The average Bonchev–Trinajstić information content (AvgIpc) is 3.31. The number of nitrogens with two attached hydrogens (primary N) is 1. The van der Waals surface area contributed by atoms with Crippen LogP contribution in [-0.4, -0.2) is 163 Å². The molecule has 0 aliphatic carbocycles. The quantitative estimate of drug-likeness (QED) is 0.124. The summed E-state index contributed by atoms with van der Waals surface area (Å²) in [5, 5.41) is 46.2. The lowest BCUT2D eigenvalue weighted by Crippen LogP contribution is -2.38. The zero-order chi connectivity index (χ0) is 44.7. The number of ether oxygens (including phenoxy) is 6. The predicted octanol–water partition coefficient (Wildman–Crippen LogP) is 0.721. The molecule has 0 unspecified atom stereocenters. The van der Waals surface area contributed by atoms with Gasteiger partial charge in [0.1, 0.15) is 53.6 Å². The van der Waals surface area contributed by atoms with Crippen LogP contribution in [0.15, 0.2) is 54.6 Å². The highest BCUT2D eigenvalue weighted by Crippen LogP contribution is 2.19. The Labute approximate surface area is 373 Å². The van der Waals surface area contributed by atoms with Crippen molar-refractivity contribution in [3.63, 3.8) is 0 Å². The van der Waals surface area contributed by atoms with Crippen LogP contribution in [0, 0.1) is 15.6 Å². The number of hydrogen-bond donors (Lipinski definition) is 1. The van der Waals surface area contributed by atoms with Crippen molar-refractivity contribution in [1.29, 1.82) is 0 Å². The number of hydrogen-bond acceptors (Lipinski definition) is 19. The Morgan fingerprint density at radius 2 is 0.938 bits per heavy atom. The molecule has 9 rings (SSSR count). The van der Waals surface area contributed by atoms with Gasteiger partial charge in [-0.25, -0.2) is 15.0 Å². The van der Waals surface area contributed by atoms with Crippen LogP contribution in [0.4, 0.5) is 5.95 Å². The lowest BCUT2D eigenvalue weighted by Gasteiger charge is -2.26. The van der Waals surface area contributed by atoms with Gasteiger partial charge in [-0.2, -0.15) is 0 Å². The molecule has 0 spiro atoms. The van der Waals surface area contributed by atoms with E-state index >= 15 is 0 Å². The van der Waals surface area contributed by atoms with Crippen LogP contribution >= 0.6 is 11.6 Å². The standard InChI is InChI=1S/C15H20N4O3.C13H15ClN4O3.C13H17N5O3/c1-2-15-16-13-4-3-12(11-14(13)19(20)17-15)22-10-7-18-5-8-21-9-6-18;2*14-13-15-11-2-1-10(9-12(11)18(19)16-13)21-8-5-17-3-6-20-7-4-17/h3-4,11H,2,5-10H2,1H3;1-2,9H,3-8H2;1-2,9H,3-8H2,(H2,14,15,16). The number of aryl methyl sites for hydroxylation is 1. The molecule has 0 atom stereocenters.